The zero-order valence-electron chi connectivity index (χ0n) is 20.2. The van der Waals surface area contributed by atoms with E-state index in [1.54, 1.807) is 20.8 Å². The van der Waals surface area contributed by atoms with Gasteiger partial charge in [0.25, 0.3) is 0 Å². The molecule has 8 nitrogen and oxygen atoms in total. The van der Waals surface area contributed by atoms with Gasteiger partial charge in [-0.15, -0.1) is 0 Å². The first-order valence-corrected chi connectivity index (χ1v) is 13.2. The lowest BCUT2D eigenvalue weighted by Gasteiger charge is -2.23. The third-order valence-corrected chi connectivity index (χ3v) is 8.23. The summed E-state index contributed by atoms with van der Waals surface area (Å²) in [6, 6.07) is 3.71. The zero-order chi connectivity index (χ0) is 26.1. The number of carbonyl (C=O) groups is 1. The first-order chi connectivity index (χ1) is 17.0. The van der Waals surface area contributed by atoms with Gasteiger partial charge in [0, 0.05) is 23.7 Å². The van der Waals surface area contributed by atoms with Gasteiger partial charge in [-0.25, -0.2) is 32.2 Å². The van der Waals surface area contributed by atoms with E-state index in [4.69, 9.17) is 4.74 Å². The van der Waals surface area contributed by atoms with Gasteiger partial charge in [-0.2, -0.15) is 0 Å². The Balaban J connectivity index is 1.55. The van der Waals surface area contributed by atoms with Gasteiger partial charge in [0.1, 0.15) is 29.0 Å². The molecule has 0 spiro atoms. The predicted octanol–water partition coefficient (Wildman–Crippen LogP) is 3.78. The summed E-state index contributed by atoms with van der Waals surface area (Å²) >= 11 is 0. The number of rotatable bonds is 10. The molecule has 190 valence electrons. The number of Topliss-reactive ketones (excluding diaryl/α,β-unsaturated/α-hetero) is 1. The molecule has 11 heteroatoms. The highest BCUT2D eigenvalue weighted by molar-refractivity contribution is 7.91. The Morgan fingerprint density at radius 1 is 1.14 bits per heavy atom. The van der Waals surface area contributed by atoms with E-state index >= 15 is 0 Å². The smallest absolute Gasteiger partial charge is 0.232 e. The Morgan fingerprint density at radius 3 is 2.47 bits per heavy atom. The molecule has 0 saturated heterocycles. The number of nitrogens with zero attached hydrogens (tertiary/aromatic N) is 4. The minimum Gasteiger partial charge on any atom is -0.477 e. The summed E-state index contributed by atoms with van der Waals surface area (Å²) in [4.78, 5) is 29.7. The van der Waals surface area contributed by atoms with Crippen LogP contribution in [0.1, 0.15) is 50.7 Å². The van der Waals surface area contributed by atoms with Gasteiger partial charge in [0.2, 0.25) is 5.88 Å². The Morgan fingerprint density at radius 2 is 1.83 bits per heavy atom. The molecule has 3 aromatic rings. The van der Waals surface area contributed by atoms with E-state index in [0.717, 1.165) is 12.1 Å². The van der Waals surface area contributed by atoms with Gasteiger partial charge in [-0.3, -0.25) is 9.78 Å². The number of halogens is 2. The second-order valence-corrected chi connectivity index (χ2v) is 11.5. The van der Waals surface area contributed by atoms with Crippen molar-refractivity contribution < 1.29 is 26.7 Å². The Labute approximate surface area is 208 Å². The summed E-state index contributed by atoms with van der Waals surface area (Å²) in [5.74, 6) is -2.26. The Kier molecular flexibility index (Phi) is 7.12. The van der Waals surface area contributed by atoms with Crippen molar-refractivity contribution in [2.24, 2.45) is 0 Å². The van der Waals surface area contributed by atoms with Crippen LogP contribution < -0.4 is 4.74 Å². The number of ether oxygens (including phenoxy) is 1. The van der Waals surface area contributed by atoms with E-state index in [9.17, 15) is 22.0 Å². The Hall–Kier alpha value is -3.34. The van der Waals surface area contributed by atoms with Gasteiger partial charge in [0.15, 0.2) is 9.84 Å². The largest absolute Gasteiger partial charge is 0.477 e. The fourth-order valence-electron chi connectivity index (χ4n) is 3.69. The molecule has 2 heterocycles. The second-order valence-electron chi connectivity index (χ2n) is 9.18. The highest BCUT2D eigenvalue weighted by Gasteiger charge is 2.37. The van der Waals surface area contributed by atoms with Crippen molar-refractivity contribution in [2.45, 2.75) is 56.5 Å². The molecule has 0 amide bonds. The lowest BCUT2D eigenvalue weighted by atomic mass is 9.81. The van der Waals surface area contributed by atoms with Gasteiger partial charge in [-0.05, 0) is 51.8 Å². The molecule has 4 rings (SSSR count). The van der Waals surface area contributed by atoms with Crippen molar-refractivity contribution in [2.75, 3.05) is 6.61 Å². The molecule has 1 aliphatic carbocycles. The van der Waals surface area contributed by atoms with Gasteiger partial charge < -0.3 is 4.74 Å². The minimum absolute atomic E-state index is 0.0948. The van der Waals surface area contributed by atoms with Crippen LogP contribution in [0.2, 0.25) is 0 Å². The molecule has 0 aliphatic heterocycles. The number of sulfone groups is 1. The van der Waals surface area contributed by atoms with Crippen LogP contribution in [0.25, 0.3) is 11.3 Å². The summed E-state index contributed by atoms with van der Waals surface area (Å²) in [6.45, 7) is 5.30. The number of hydrogen-bond acceptors (Lipinski definition) is 8. The molecule has 1 saturated carbocycles. The molecule has 1 aromatic carbocycles. The van der Waals surface area contributed by atoms with Crippen LogP contribution >= 0.6 is 0 Å². The third-order valence-electron chi connectivity index (χ3n) is 6.08. The number of carbonyl (C=O) groups excluding carboxylic acids is 1. The molecule has 0 atom stereocenters. The molecule has 2 aromatic heterocycles. The molecule has 1 aliphatic rings. The van der Waals surface area contributed by atoms with Crippen LogP contribution in [0.15, 0.2) is 36.8 Å². The molecule has 0 bridgehead atoms. The first kappa shape index (κ1) is 25.7. The zero-order valence-corrected chi connectivity index (χ0v) is 21.0. The van der Waals surface area contributed by atoms with E-state index in [0.29, 0.717) is 19.4 Å². The molecular weight excluding hydrogens is 490 g/mol. The van der Waals surface area contributed by atoms with Crippen LogP contribution in [-0.2, 0) is 32.2 Å². The minimum atomic E-state index is -3.34. The van der Waals surface area contributed by atoms with Crippen LogP contribution in [0.3, 0.4) is 0 Å². The van der Waals surface area contributed by atoms with Crippen LogP contribution in [0, 0.1) is 11.6 Å². The summed E-state index contributed by atoms with van der Waals surface area (Å²) in [5, 5.41) is -0.360. The maximum absolute atomic E-state index is 15.0. The average Bonchev–Trinajstić information content (AvgIpc) is 3.68. The van der Waals surface area contributed by atoms with Crippen LogP contribution in [0.4, 0.5) is 8.78 Å². The normalized spacial score (nSPS) is 14.0. The van der Waals surface area contributed by atoms with Gasteiger partial charge in [0.05, 0.1) is 41.1 Å². The molecule has 1 fully saturated rings. The summed E-state index contributed by atoms with van der Waals surface area (Å²) in [7, 11) is -3.34. The summed E-state index contributed by atoms with van der Waals surface area (Å²) < 4.78 is 59.8. The third kappa shape index (κ3) is 5.56. The maximum Gasteiger partial charge on any atom is 0.232 e. The van der Waals surface area contributed by atoms with Crippen molar-refractivity contribution in [3.63, 3.8) is 0 Å². The molecule has 0 unspecified atom stereocenters. The molecule has 0 radical (unpaired) electrons. The van der Waals surface area contributed by atoms with Crippen molar-refractivity contribution in [1.29, 1.82) is 0 Å². The maximum atomic E-state index is 15.0. The van der Waals surface area contributed by atoms with Crippen molar-refractivity contribution >= 4 is 15.6 Å². The average molecular weight is 517 g/mol. The van der Waals surface area contributed by atoms with Gasteiger partial charge in [-0.1, -0.05) is 0 Å². The highest BCUT2D eigenvalue weighted by Crippen LogP contribution is 2.31. The number of benzene rings is 1. The topological polar surface area (TPSA) is 112 Å². The molecule has 36 heavy (non-hydrogen) atoms. The first-order valence-electron chi connectivity index (χ1n) is 11.5. The number of ketones is 1. The fourth-order valence-corrected chi connectivity index (χ4v) is 5.28. The SMILES string of the molecule is CCOc1cncc(-c2cc(F)c(CC(=O)C(C)(C)c3ccnc(CS(=O)(=O)C4CC4)n3)c(F)c2)n1. The molecular formula is C25H26F2N4O4S. The summed E-state index contributed by atoms with van der Waals surface area (Å²) in [5.41, 5.74) is -0.950. The lowest BCUT2D eigenvalue weighted by Crippen LogP contribution is -2.32. The van der Waals surface area contributed by atoms with E-state index in [1.807, 2.05) is 0 Å². The van der Waals surface area contributed by atoms with Crippen LogP contribution in [0.5, 0.6) is 5.88 Å². The number of aromatic nitrogens is 4. The van der Waals surface area contributed by atoms with E-state index < -0.39 is 39.1 Å². The standard InChI is InChI=1S/C25H26F2N4O4S/c1-4-35-24-13-28-12-20(30-24)15-9-18(26)17(19(27)10-15)11-22(32)25(2,3)21-7-8-29-23(31-21)14-36(33,34)16-5-6-16/h7-10,12-13,16H,4-6,11,14H2,1-3H3. The van der Waals surface area contributed by atoms with Crippen LogP contribution in [-0.4, -0.2) is 46.0 Å². The van der Waals surface area contributed by atoms with Crippen molar-refractivity contribution in [1.82, 2.24) is 19.9 Å². The predicted molar refractivity (Wildman–Crippen MR) is 128 cm³/mol. The number of hydrogen-bond donors (Lipinski definition) is 0. The van der Waals surface area contributed by atoms with Gasteiger partial charge >= 0.3 is 0 Å². The highest BCUT2D eigenvalue weighted by atomic mass is 32.2. The second kappa shape index (κ2) is 9.96. The van der Waals surface area contributed by atoms with E-state index in [1.165, 1.54) is 24.7 Å². The Bertz CT molecular complexity index is 1390. The lowest BCUT2D eigenvalue weighted by molar-refractivity contribution is -0.123. The van der Waals surface area contributed by atoms with Crippen molar-refractivity contribution in [3.05, 3.63) is 65.5 Å². The fraction of sp³-hybridized carbons (Fsp3) is 0.400. The quantitative estimate of drug-likeness (QED) is 0.400. The van der Waals surface area contributed by atoms with Crippen molar-refractivity contribution in [3.8, 4) is 17.1 Å². The van der Waals surface area contributed by atoms with E-state index in [-0.39, 0.29) is 45.2 Å². The molecule has 0 N–H and O–H groups in total. The summed E-state index contributed by atoms with van der Waals surface area (Å²) in [6.07, 6.45) is 4.90. The van der Waals surface area contributed by atoms with E-state index in [2.05, 4.69) is 19.9 Å². The monoisotopic (exact) mass is 516 g/mol.